The lowest BCUT2D eigenvalue weighted by atomic mass is 10.2. The monoisotopic (exact) mass is 271 g/mol. The highest BCUT2D eigenvalue weighted by atomic mass is 32.2. The normalized spacial score (nSPS) is 15.9. The second kappa shape index (κ2) is 6.56. The van der Waals surface area contributed by atoms with Gasteiger partial charge in [-0.3, -0.25) is 4.68 Å². The van der Waals surface area contributed by atoms with Gasteiger partial charge in [0, 0.05) is 32.8 Å². The molecule has 1 aliphatic heterocycles. The Bertz CT molecular complexity index is 391. The molecule has 2 rings (SSSR count). The van der Waals surface area contributed by atoms with E-state index in [9.17, 15) is 0 Å². The fraction of sp³-hybridized carbons (Fsp3) is 0.750. The summed E-state index contributed by atoms with van der Waals surface area (Å²) < 4.78 is 12.2. The van der Waals surface area contributed by atoms with E-state index in [-0.39, 0.29) is 0 Å². The van der Waals surface area contributed by atoms with Gasteiger partial charge >= 0.3 is 0 Å². The number of hydrogen-bond acceptors (Lipinski definition) is 5. The van der Waals surface area contributed by atoms with Gasteiger partial charge in [-0.25, -0.2) is 0 Å². The molecule has 1 saturated heterocycles. The first-order valence-corrected chi connectivity index (χ1v) is 7.07. The molecule has 0 radical (unpaired) electrons. The maximum absolute atomic E-state index is 5.22. The highest BCUT2D eigenvalue weighted by Gasteiger charge is 2.23. The Balaban J connectivity index is 1.97. The number of thioether (sulfide) groups is 1. The first kappa shape index (κ1) is 13.9. The number of ether oxygens (including phenoxy) is 2. The number of methoxy groups -OCH3 is 1. The number of hydrogen-bond donors (Lipinski definition) is 1. The van der Waals surface area contributed by atoms with Crippen molar-refractivity contribution < 1.29 is 9.47 Å². The van der Waals surface area contributed by atoms with E-state index in [0.29, 0.717) is 5.25 Å². The Labute approximate surface area is 112 Å². The van der Waals surface area contributed by atoms with Gasteiger partial charge in [-0.15, -0.1) is 0 Å². The zero-order chi connectivity index (χ0) is 13.0. The summed E-state index contributed by atoms with van der Waals surface area (Å²) in [5.74, 6) is 0. The van der Waals surface area contributed by atoms with Crippen molar-refractivity contribution in [3.05, 3.63) is 11.3 Å². The molecule has 1 aliphatic rings. The maximum atomic E-state index is 5.22. The van der Waals surface area contributed by atoms with Crippen LogP contribution in [0.25, 0.3) is 0 Å². The van der Waals surface area contributed by atoms with Crippen molar-refractivity contribution in [3.63, 3.8) is 0 Å². The molecule has 0 spiro atoms. The Morgan fingerprint density at radius 1 is 1.56 bits per heavy atom. The summed E-state index contributed by atoms with van der Waals surface area (Å²) in [4.78, 5) is 0. The molecule has 6 heteroatoms. The third-order valence-electron chi connectivity index (χ3n) is 2.96. The van der Waals surface area contributed by atoms with Crippen LogP contribution in [0.15, 0.2) is 5.03 Å². The Morgan fingerprint density at radius 2 is 2.33 bits per heavy atom. The minimum Gasteiger partial charge on any atom is -0.383 e. The molecule has 1 aromatic rings. The van der Waals surface area contributed by atoms with Crippen molar-refractivity contribution in [2.75, 3.05) is 33.5 Å². The molecule has 0 saturated carbocycles. The average Bonchev–Trinajstić information content (AvgIpc) is 2.54. The van der Waals surface area contributed by atoms with Crippen LogP contribution in [0.1, 0.15) is 11.3 Å². The van der Waals surface area contributed by atoms with Gasteiger partial charge in [0.15, 0.2) is 0 Å². The van der Waals surface area contributed by atoms with E-state index in [1.807, 2.05) is 23.5 Å². The highest BCUT2D eigenvalue weighted by molar-refractivity contribution is 8.00. The van der Waals surface area contributed by atoms with Crippen molar-refractivity contribution in [1.82, 2.24) is 15.1 Å². The predicted molar refractivity (Wildman–Crippen MR) is 72.0 cm³/mol. The minimum absolute atomic E-state index is 0.581. The molecule has 1 N–H and O–H groups in total. The molecule has 2 heterocycles. The molecule has 0 unspecified atom stereocenters. The number of nitrogens with zero attached hydrogens (tertiary/aromatic N) is 2. The maximum Gasteiger partial charge on any atom is 0.0988 e. The topological polar surface area (TPSA) is 48.3 Å². The van der Waals surface area contributed by atoms with Crippen LogP contribution in [0.3, 0.4) is 0 Å². The minimum atomic E-state index is 0.581. The van der Waals surface area contributed by atoms with Crippen molar-refractivity contribution >= 4 is 11.8 Å². The first-order chi connectivity index (χ1) is 8.72. The fourth-order valence-electron chi connectivity index (χ4n) is 1.86. The van der Waals surface area contributed by atoms with Gasteiger partial charge in [0.05, 0.1) is 35.8 Å². The van der Waals surface area contributed by atoms with E-state index in [0.717, 1.165) is 38.6 Å². The van der Waals surface area contributed by atoms with E-state index in [2.05, 4.69) is 17.3 Å². The lowest BCUT2D eigenvalue weighted by molar-refractivity contribution is 0.0454. The summed E-state index contributed by atoms with van der Waals surface area (Å²) in [5.41, 5.74) is 2.40. The van der Waals surface area contributed by atoms with Gasteiger partial charge in [-0.1, -0.05) is 11.8 Å². The Kier molecular flexibility index (Phi) is 5.05. The smallest absolute Gasteiger partial charge is 0.0988 e. The van der Waals surface area contributed by atoms with Crippen LogP contribution >= 0.6 is 11.8 Å². The fourth-order valence-corrected chi connectivity index (χ4v) is 3.06. The second-order valence-corrected chi connectivity index (χ2v) is 5.73. The molecule has 0 amide bonds. The summed E-state index contributed by atoms with van der Waals surface area (Å²) in [5, 5.41) is 9.72. The Morgan fingerprint density at radius 3 is 2.94 bits per heavy atom. The summed E-state index contributed by atoms with van der Waals surface area (Å²) >= 11 is 1.87. The molecule has 0 atom stereocenters. The van der Waals surface area contributed by atoms with Crippen LogP contribution < -0.4 is 5.32 Å². The molecule has 1 fully saturated rings. The molecule has 102 valence electrons. The van der Waals surface area contributed by atoms with Gasteiger partial charge in [-0.05, 0) is 6.92 Å². The van der Waals surface area contributed by atoms with Crippen molar-refractivity contribution in [3.8, 4) is 0 Å². The highest BCUT2D eigenvalue weighted by Crippen LogP contribution is 2.31. The number of aromatic nitrogens is 2. The van der Waals surface area contributed by atoms with Crippen molar-refractivity contribution in [2.45, 2.75) is 23.7 Å². The Hall–Kier alpha value is -0.560. The summed E-state index contributed by atoms with van der Waals surface area (Å²) in [7, 11) is 3.72. The quantitative estimate of drug-likeness (QED) is 0.748. The lowest BCUT2D eigenvalue weighted by Gasteiger charge is -2.25. The van der Waals surface area contributed by atoms with Crippen LogP contribution in [0.4, 0.5) is 0 Å². The molecule has 0 bridgehead atoms. The first-order valence-electron chi connectivity index (χ1n) is 6.19. The number of rotatable bonds is 7. The van der Waals surface area contributed by atoms with E-state index < -0.39 is 0 Å². The van der Waals surface area contributed by atoms with E-state index >= 15 is 0 Å². The van der Waals surface area contributed by atoms with Crippen molar-refractivity contribution in [2.24, 2.45) is 7.05 Å². The molecule has 0 aliphatic carbocycles. The van der Waals surface area contributed by atoms with Crippen LogP contribution in [0.5, 0.6) is 0 Å². The second-order valence-electron chi connectivity index (χ2n) is 4.44. The van der Waals surface area contributed by atoms with Gasteiger partial charge in [0.1, 0.15) is 0 Å². The van der Waals surface area contributed by atoms with E-state index in [1.54, 1.807) is 7.11 Å². The summed E-state index contributed by atoms with van der Waals surface area (Å²) in [6, 6.07) is 0. The van der Waals surface area contributed by atoms with Gasteiger partial charge in [0.25, 0.3) is 0 Å². The third kappa shape index (κ3) is 3.26. The van der Waals surface area contributed by atoms with Crippen molar-refractivity contribution in [1.29, 1.82) is 0 Å². The number of nitrogens with one attached hydrogen (secondary N) is 1. The molecule has 1 aromatic heterocycles. The van der Waals surface area contributed by atoms with E-state index in [1.165, 1.54) is 10.6 Å². The van der Waals surface area contributed by atoms with Gasteiger partial charge in [0.2, 0.25) is 0 Å². The summed E-state index contributed by atoms with van der Waals surface area (Å²) in [6.45, 7) is 6.21. The standard InChI is InChI=1S/C12H21N3O2S/c1-9-11(6-13-4-5-16-3)12(15(2)14-9)18-10-7-17-8-10/h10,13H,4-8H2,1-3H3. The predicted octanol–water partition coefficient (Wildman–Crippen LogP) is 0.955. The zero-order valence-corrected chi connectivity index (χ0v) is 12.0. The molecular weight excluding hydrogens is 250 g/mol. The van der Waals surface area contributed by atoms with Gasteiger partial charge in [-0.2, -0.15) is 5.10 Å². The largest absolute Gasteiger partial charge is 0.383 e. The lowest BCUT2D eigenvalue weighted by Crippen LogP contribution is -2.30. The molecular formula is C12H21N3O2S. The van der Waals surface area contributed by atoms with Gasteiger partial charge < -0.3 is 14.8 Å². The average molecular weight is 271 g/mol. The zero-order valence-electron chi connectivity index (χ0n) is 11.2. The molecule has 0 aromatic carbocycles. The molecule has 18 heavy (non-hydrogen) atoms. The van der Waals surface area contributed by atoms with E-state index in [4.69, 9.17) is 9.47 Å². The van der Waals surface area contributed by atoms with Crippen LogP contribution in [-0.2, 0) is 23.1 Å². The summed E-state index contributed by atoms with van der Waals surface area (Å²) in [6.07, 6.45) is 0. The van der Waals surface area contributed by atoms with Crippen LogP contribution in [-0.4, -0.2) is 48.5 Å². The molecule has 5 nitrogen and oxygen atoms in total. The third-order valence-corrected chi connectivity index (χ3v) is 4.30. The van der Waals surface area contributed by atoms with Crippen LogP contribution in [0, 0.1) is 6.92 Å². The van der Waals surface area contributed by atoms with Crippen LogP contribution in [0.2, 0.25) is 0 Å². The number of aryl methyl sites for hydroxylation is 2. The SMILES string of the molecule is COCCNCc1c(C)nn(C)c1SC1COC1.